The van der Waals surface area contributed by atoms with Gasteiger partial charge in [0.15, 0.2) is 0 Å². The third-order valence-electron chi connectivity index (χ3n) is 3.01. The molecule has 3 heteroatoms. The van der Waals surface area contributed by atoms with Crippen molar-refractivity contribution in [3.63, 3.8) is 0 Å². The van der Waals surface area contributed by atoms with E-state index in [0.717, 1.165) is 29.5 Å². The lowest BCUT2D eigenvalue weighted by atomic mass is 9.93. The minimum absolute atomic E-state index is 0.255. The topological polar surface area (TPSA) is 15.3 Å². The zero-order chi connectivity index (χ0) is 11.9. The van der Waals surface area contributed by atoms with Gasteiger partial charge in [-0.3, -0.25) is 0 Å². The number of rotatable bonds is 0. The Bertz CT molecular complexity index is 413. The van der Waals surface area contributed by atoms with E-state index in [1.807, 2.05) is 6.07 Å². The Balaban J connectivity index is 2.49. The molecular formula is C13H19ClN2. The van der Waals surface area contributed by atoms with E-state index in [4.69, 9.17) is 11.6 Å². The number of halogens is 1. The van der Waals surface area contributed by atoms with Crippen LogP contribution in [-0.2, 0) is 0 Å². The fourth-order valence-electron chi connectivity index (χ4n) is 2.37. The van der Waals surface area contributed by atoms with Gasteiger partial charge in [0.05, 0.1) is 16.4 Å². The van der Waals surface area contributed by atoms with E-state index in [0.29, 0.717) is 0 Å². The smallest absolute Gasteiger partial charge is 0.0789 e. The summed E-state index contributed by atoms with van der Waals surface area (Å²) in [6, 6.07) is 4.19. The highest BCUT2D eigenvalue weighted by atomic mass is 35.5. The average molecular weight is 239 g/mol. The second-order valence-corrected chi connectivity index (χ2v) is 5.92. The molecule has 1 N–H and O–H groups in total. The zero-order valence-electron chi connectivity index (χ0n) is 10.4. The van der Waals surface area contributed by atoms with Crippen LogP contribution < -0.4 is 10.2 Å². The lowest BCUT2D eigenvalue weighted by Crippen LogP contribution is -2.33. The van der Waals surface area contributed by atoms with Crippen molar-refractivity contribution in [1.82, 2.24) is 0 Å². The predicted molar refractivity (Wildman–Crippen MR) is 71.7 cm³/mol. The Morgan fingerprint density at radius 1 is 1.38 bits per heavy atom. The van der Waals surface area contributed by atoms with E-state index < -0.39 is 0 Å². The van der Waals surface area contributed by atoms with Crippen LogP contribution in [0.25, 0.3) is 0 Å². The molecular weight excluding hydrogens is 220 g/mol. The number of benzene rings is 1. The zero-order valence-corrected chi connectivity index (χ0v) is 11.2. The summed E-state index contributed by atoms with van der Waals surface area (Å²) in [7, 11) is 2.11. The summed E-state index contributed by atoms with van der Waals surface area (Å²) in [4.78, 5) is 2.25. The van der Waals surface area contributed by atoms with Crippen LogP contribution in [0.4, 0.5) is 11.4 Å². The van der Waals surface area contributed by atoms with E-state index in [9.17, 15) is 0 Å². The van der Waals surface area contributed by atoms with Gasteiger partial charge in [-0.15, -0.1) is 0 Å². The first-order chi connectivity index (χ1) is 7.39. The highest BCUT2D eigenvalue weighted by molar-refractivity contribution is 6.34. The third-order valence-corrected chi connectivity index (χ3v) is 3.30. The summed E-state index contributed by atoms with van der Waals surface area (Å²) in [6.07, 6.45) is 0. The summed E-state index contributed by atoms with van der Waals surface area (Å²) in [6.45, 7) is 8.59. The fraction of sp³-hybridized carbons (Fsp3) is 0.538. The molecule has 0 aliphatic carbocycles. The fourth-order valence-corrected chi connectivity index (χ4v) is 2.79. The van der Waals surface area contributed by atoms with Gasteiger partial charge in [0.1, 0.15) is 0 Å². The molecule has 0 saturated heterocycles. The molecule has 2 rings (SSSR count). The first-order valence-electron chi connectivity index (χ1n) is 5.64. The lowest BCUT2D eigenvalue weighted by Gasteiger charge is -2.28. The van der Waals surface area contributed by atoms with Crippen molar-refractivity contribution in [2.24, 2.45) is 5.41 Å². The van der Waals surface area contributed by atoms with E-state index in [-0.39, 0.29) is 5.41 Å². The van der Waals surface area contributed by atoms with Crippen LogP contribution in [0.1, 0.15) is 19.4 Å². The van der Waals surface area contributed by atoms with Crippen molar-refractivity contribution in [3.8, 4) is 0 Å². The molecule has 16 heavy (non-hydrogen) atoms. The summed E-state index contributed by atoms with van der Waals surface area (Å²) in [5, 5.41) is 4.34. The largest absolute Gasteiger partial charge is 0.383 e. The molecule has 0 atom stereocenters. The molecule has 1 aliphatic heterocycles. The average Bonchev–Trinajstić information content (AvgIpc) is 2.22. The molecule has 1 aromatic rings. The minimum atomic E-state index is 0.255. The molecule has 0 bridgehead atoms. The molecule has 1 aliphatic rings. The van der Waals surface area contributed by atoms with Gasteiger partial charge in [-0.05, 0) is 30.0 Å². The first kappa shape index (κ1) is 11.6. The summed E-state index contributed by atoms with van der Waals surface area (Å²) < 4.78 is 0. The highest BCUT2D eigenvalue weighted by Gasteiger charge is 2.26. The standard InChI is InChI=1S/C13H19ClN2/c1-9-5-10(14)12-11(6-9)15-7-13(2,3)8-16(12)4/h5-6,15H,7-8H2,1-4H3. The SMILES string of the molecule is Cc1cc(Cl)c2c(c1)NCC(C)(C)CN2C. The Hall–Kier alpha value is -0.890. The van der Waals surface area contributed by atoms with Crippen LogP contribution >= 0.6 is 11.6 Å². The van der Waals surface area contributed by atoms with E-state index in [1.165, 1.54) is 5.56 Å². The van der Waals surface area contributed by atoms with Gasteiger partial charge >= 0.3 is 0 Å². The second-order valence-electron chi connectivity index (χ2n) is 5.52. The molecule has 1 aromatic carbocycles. The molecule has 88 valence electrons. The second kappa shape index (κ2) is 3.85. The van der Waals surface area contributed by atoms with Crippen molar-refractivity contribution >= 4 is 23.0 Å². The molecule has 1 heterocycles. The molecule has 0 radical (unpaired) electrons. The highest BCUT2D eigenvalue weighted by Crippen LogP contribution is 2.38. The van der Waals surface area contributed by atoms with Gasteiger partial charge in [0.25, 0.3) is 0 Å². The Morgan fingerprint density at radius 3 is 2.75 bits per heavy atom. The number of hydrogen-bond acceptors (Lipinski definition) is 2. The maximum atomic E-state index is 6.33. The number of nitrogens with one attached hydrogen (secondary N) is 1. The summed E-state index contributed by atoms with van der Waals surface area (Å²) in [5.74, 6) is 0. The predicted octanol–water partition coefficient (Wildman–Crippen LogP) is 3.54. The molecule has 0 saturated carbocycles. The lowest BCUT2D eigenvalue weighted by molar-refractivity contribution is 0.403. The molecule has 0 fully saturated rings. The molecule has 0 unspecified atom stereocenters. The number of anilines is 2. The maximum absolute atomic E-state index is 6.33. The van der Waals surface area contributed by atoms with Crippen LogP contribution in [0, 0.1) is 12.3 Å². The van der Waals surface area contributed by atoms with E-state index in [1.54, 1.807) is 0 Å². The number of nitrogens with zero attached hydrogens (tertiary/aromatic N) is 1. The van der Waals surface area contributed by atoms with Crippen molar-refractivity contribution < 1.29 is 0 Å². The Labute approximate surface area is 103 Å². The van der Waals surface area contributed by atoms with Gasteiger partial charge < -0.3 is 10.2 Å². The van der Waals surface area contributed by atoms with Crippen molar-refractivity contribution in [2.45, 2.75) is 20.8 Å². The molecule has 0 amide bonds. The van der Waals surface area contributed by atoms with Gasteiger partial charge in [-0.2, -0.15) is 0 Å². The van der Waals surface area contributed by atoms with Crippen LogP contribution in [0.2, 0.25) is 5.02 Å². The quantitative estimate of drug-likeness (QED) is 0.744. The normalized spacial score (nSPS) is 18.7. The van der Waals surface area contributed by atoms with Gasteiger partial charge in [0.2, 0.25) is 0 Å². The Morgan fingerprint density at radius 2 is 2.06 bits per heavy atom. The molecule has 0 aromatic heterocycles. The van der Waals surface area contributed by atoms with E-state index >= 15 is 0 Å². The van der Waals surface area contributed by atoms with Crippen LogP contribution in [0.15, 0.2) is 12.1 Å². The van der Waals surface area contributed by atoms with Crippen molar-refractivity contribution in [1.29, 1.82) is 0 Å². The third kappa shape index (κ3) is 2.12. The molecule has 2 nitrogen and oxygen atoms in total. The number of fused-ring (bicyclic) bond motifs is 1. The van der Waals surface area contributed by atoms with Gasteiger partial charge in [-0.25, -0.2) is 0 Å². The monoisotopic (exact) mass is 238 g/mol. The van der Waals surface area contributed by atoms with Gasteiger partial charge in [0, 0.05) is 20.1 Å². The summed E-state index contributed by atoms with van der Waals surface area (Å²) >= 11 is 6.33. The van der Waals surface area contributed by atoms with E-state index in [2.05, 4.69) is 44.1 Å². The Kier molecular flexibility index (Phi) is 2.79. The summed E-state index contributed by atoms with van der Waals surface area (Å²) in [5.41, 5.74) is 3.73. The molecule has 0 spiro atoms. The first-order valence-corrected chi connectivity index (χ1v) is 6.02. The van der Waals surface area contributed by atoms with Crippen molar-refractivity contribution in [2.75, 3.05) is 30.4 Å². The van der Waals surface area contributed by atoms with Gasteiger partial charge in [-0.1, -0.05) is 25.4 Å². The number of hydrogen-bond donors (Lipinski definition) is 1. The van der Waals surface area contributed by atoms with Crippen molar-refractivity contribution in [3.05, 3.63) is 22.7 Å². The minimum Gasteiger partial charge on any atom is -0.383 e. The number of aryl methyl sites for hydroxylation is 1. The van der Waals surface area contributed by atoms with Crippen LogP contribution in [-0.4, -0.2) is 20.1 Å². The maximum Gasteiger partial charge on any atom is 0.0789 e. The van der Waals surface area contributed by atoms with Crippen LogP contribution in [0.3, 0.4) is 0 Å². The van der Waals surface area contributed by atoms with Crippen LogP contribution in [0.5, 0.6) is 0 Å².